The van der Waals surface area contributed by atoms with Crippen LogP contribution in [0.1, 0.15) is 10.4 Å². The Labute approximate surface area is 162 Å². The number of rotatable bonds is 6. The summed E-state index contributed by atoms with van der Waals surface area (Å²) >= 11 is 1.55. The number of fused-ring (bicyclic) bond motifs is 1. The van der Waals surface area contributed by atoms with Gasteiger partial charge in [0.2, 0.25) is 0 Å². The van der Waals surface area contributed by atoms with Crippen molar-refractivity contribution < 1.29 is 4.74 Å². The molecule has 3 nitrogen and oxygen atoms in total. The monoisotopic (exact) mass is 372 g/mol. The van der Waals surface area contributed by atoms with E-state index in [1.165, 1.54) is 5.56 Å². The van der Waals surface area contributed by atoms with E-state index in [1.807, 2.05) is 36.4 Å². The van der Waals surface area contributed by atoms with E-state index >= 15 is 0 Å². The number of hydrogen-bond donors (Lipinski definition) is 2. The van der Waals surface area contributed by atoms with Gasteiger partial charge < -0.3 is 10.5 Å². The lowest BCUT2D eigenvalue weighted by Crippen LogP contribution is -2.08. The molecule has 1 aromatic heterocycles. The van der Waals surface area contributed by atoms with Crippen LogP contribution in [0.15, 0.2) is 78.9 Å². The zero-order valence-electron chi connectivity index (χ0n) is 14.8. The summed E-state index contributed by atoms with van der Waals surface area (Å²) in [7, 11) is 0. The minimum absolute atomic E-state index is 0.117. The van der Waals surface area contributed by atoms with Crippen LogP contribution in [0.3, 0.4) is 0 Å². The maximum absolute atomic E-state index is 7.61. The van der Waals surface area contributed by atoms with E-state index in [2.05, 4.69) is 42.5 Å². The number of hydrogen-bond acceptors (Lipinski definition) is 3. The lowest BCUT2D eigenvalue weighted by Gasteiger charge is -2.09. The van der Waals surface area contributed by atoms with Gasteiger partial charge in [0, 0.05) is 11.1 Å². The van der Waals surface area contributed by atoms with E-state index < -0.39 is 0 Å². The third-order valence-corrected chi connectivity index (χ3v) is 5.60. The van der Waals surface area contributed by atoms with Crippen molar-refractivity contribution in [2.75, 3.05) is 6.61 Å². The molecule has 0 aliphatic carbocycles. The van der Waals surface area contributed by atoms with Crippen molar-refractivity contribution in [1.29, 1.82) is 5.41 Å². The standard InChI is InChI=1S/C23H20N2OS/c24-23(25)22-15-19-13-18(9-10-21(19)27-22)17-7-4-8-20(14-17)26-12-11-16-5-2-1-3-6-16/h1-10,13-15H,11-12H2,(H3,24,25). The van der Waals surface area contributed by atoms with E-state index in [0.717, 1.165) is 38.3 Å². The van der Waals surface area contributed by atoms with Gasteiger partial charge in [0.1, 0.15) is 11.6 Å². The Morgan fingerprint density at radius 1 is 0.889 bits per heavy atom. The highest BCUT2D eigenvalue weighted by Crippen LogP contribution is 2.31. The predicted octanol–water partition coefficient (Wildman–Crippen LogP) is 5.47. The summed E-state index contributed by atoms with van der Waals surface area (Å²) < 4.78 is 7.09. The average Bonchev–Trinajstić information content (AvgIpc) is 3.13. The molecule has 0 saturated carbocycles. The SMILES string of the molecule is N=C(N)c1cc2cc(-c3cccc(OCCc4ccccc4)c3)ccc2s1. The lowest BCUT2D eigenvalue weighted by molar-refractivity contribution is 0.322. The van der Waals surface area contributed by atoms with Gasteiger partial charge in [-0.25, -0.2) is 0 Å². The average molecular weight is 372 g/mol. The number of thiophene rings is 1. The number of amidine groups is 1. The molecule has 0 aliphatic rings. The molecule has 0 spiro atoms. The second-order valence-corrected chi connectivity index (χ2v) is 7.47. The van der Waals surface area contributed by atoms with Crippen molar-refractivity contribution in [2.45, 2.75) is 6.42 Å². The molecule has 27 heavy (non-hydrogen) atoms. The highest BCUT2D eigenvalue weighted by Gasteiger charge is 2.07. The minimum atomic E-state index is 0.117. The lowest BCUT2D eigenvalue weighted by atomic mass is 10.0. The normalized spacial score (nSPS) is 10.8. The Bertz CT molecular complexity index is 1090. The molecular weight excluding hydrogens is 352 g/mol. The van der Waals surface area contributed by atoms with Crippen molar-refractivity contribution >= 4 is 27.3 Å². The highest BCUT2D eigenvalue weighted by molar-refractivity contribution is 7.20. The van der Waals surface area contributed by atoms with Crippen LogP contribution in [0.2, 0.25) is 0 Å². The maximum atomic E-state index is 7.61. The minimum Gasteiger partial charge on any atom is -0.493 e. The quantitative estimate of drug-likeness (QED) is 0.348. The van der Waals surface area contributed by atoms with Gasteiger partial charge in [-0.1, -0.05) is 48.5 Å². The third-order valence-electron chi connectivity index (χ3n) is 4.45. The summed E-state index contributed by atoms with van der Waals surface area (Å²) in [6, 6.07) is 26.8. The van der Waals surface area contributed by atoms with Crippen LogP contribution >= 0.6 is 11.3 Å². The summed E-state index contributed by atoms with van der Waals surface area (Å²) in [6.45, 7) is 0.652. The molecule has 0 amide bonds. The first kappa shape index (κ1) is 17.3. The van der Waals surface area contributed by atoms with E-state index in [1.54, 1.807) is 11.3 Å². The smallest absolute Gasteiger partial charge is 0.133 e. The van der Waals surface area contributed by atoms with Crippen molar-refractivity contribution in [3.63, 3.8) is 0 Å². The molecule has 0 aliphatic heterocycles. The molecule has 0 bridgehead atoms. The van der Waals surface area contributed by atoms with Crippen LogP contribution in [0.25, 0.3) is 21.2 Å². The number of ether oxygens (including phenoxy) is 1. The van der Waals surface area contributed by atoms with Gasteiger partial charge in [-0.15, -0.1) is 11.3 Å². The molecule has 0 unspecified atom stereocenters. The van der Waals surface area contributed by atoms with Gasteiger partial charge in [0.05, 0.1) is 11.5 Å². The maximum Gasteiger partial charge on any atom is 0.133 e. The highest BCUT2D eigenvalue weighted by atomic mass is 32.1. The first-order chi connectivity index (χ1) is 13.2. The molecule has 4 rings (SSSR count). The summed E-state index contributed by atoms with van der Waals surface area (Å²) in [5, 5.41) is 8.72. The van der Waals surface area contributed by atoms with Gasteiger partial charge in [-0.2, -0.15) is 0 Å². The van der Waals surface area contributed by atoms with Crippen molar-refractivity contribution in [1.82, 2.24) is 0 Å². The molecular formula is C23H20N2OS. The van der Waals surface area contributed by atoms with Crippen LogP contribution < -0.4 is 10.5 Å². The van der Waals surface area contributed by atoms with Crippen LogP contribution in [-0.2, 0) is 6.42 Å². The Hall–Kier alpha value is -3.11. The summed E-state index contributed by atoms with van der Waals surface area (Å²) in [5.74, 6) is 0.991. The van der Waals surface area contributed by atoms with Crippen LogP contribution in [0.5, 0.6) is 5.75 Å². The second-order valence-electron chi connectivity index (χ2n) is 6.39. The molecule has 134 valence electrons. The fourth-order valence-corrected chi connectivity index (χ4v) is 3.96. The van der Waals surface area contributed by atoms with Crippen molar-refractivity contribution in [2.24, 2.45) is 5.73 Å². The molecule has 4 aromatic rings. The molecule has 4 heteroatoms. The Kier molecular flexibility index (Phi) is 4.90. The first-order valence-corrected chi connectivity index (χ1v) is 9.66. The van der Waals surface area contributed by atoms with Crippen LogP contribution in [-0.4, -0.2) is 12.4 Å². The fraction of sp³-hybridized carbons (Fsp3) is 0.0870. The topological polar surface area (TPSA) is 59.1 Å². The zero-order chi connectivity index (χ0) is 18.6. The summed E-state index contributed by atoms with van der Waals surface area (Å²) in [5.41, 5.74) is 9.13. The Balaban J connectivity index is 1.51. The van der Waals surface area contributed by atoms with Gasteiger partial charge in [-0.3, -0.25) is 5.41 Å². The first-order valence-electron chi connectivity index (χ1n) is 8.84. The Morgan fingerprint density at radius 3 is 2.52 bits per heavy atom. The number of nitrogens with one attached hydrogen (secondary N) is 1. The van der Waals surface area contributed by atoms with Gasteiger partial charge in [0.15, 0.2) is 0 Å². The van der Waals surface area contributed by atoms with Gasteiger partial charge in [0.25, 0.3) is 0 Å². The van der Waals surface area contributed by atoms with Crippen LogP contribution in [0, 0.1) is 5.41 Å². The zero-order valence-corrected chi connectivity index (χ0v) is 15.6. The molecule has 0 saturated heterocycles. The summed E-state index contributed by atoms with van der Waals surface area (Å²) in [4.78, 5) is 0.806. The van der Waals surface area contributed by atoms with Crippen LogP contribution in [0.4, 0.5) is 0 Å². The Morgan fingerprint density at radius 2 is 1.70 bits per heavy atom. The summed E-state index contributed by atoms with van der Waals surface area (Å²) in [6.07, 6.45) is 0.889. The fourth-order valence-electron chi connectivity index (χ4n) is 3.05. The van der Waals surface area contributed by atoms with Gasteiger partial charge in [-0.05, 0) is 52.4 Å². The predicted molar refractivity (Wildman–Crippen MR) is 114 cm³/mol. The number of nitrogens with two attached hydrogens (primary N) is 1. The van der Waals surface area contributed by atoms with E-state index in [0.29, 0.717) is 6.61 Å². The molecule has 0 fully saturated rings. The second kappa shape index (κ2) is 7.64. The molecule has 0 radical (unpaired) electrons. The molecule has 3 aromatic carbocycles. The van der Waals surface area contributed by atoms with E-state index in [-0.39, 0.29) is 5.84 Å². The van der Waals surface area contributed by atoms with E-state index in [9.17, 15) is 0 Å². The van der Waals surface area contributed by atoms with Crippen molar-refractivity contribution in [3.8, 4) is 16.9 Å². The third kappa shape index (κ3) is 4.01. The molecule has 3 N–H and O–H groups in total. The molecule has 0 atom stereocenters. The molecule has 1 heterocycles. The van der Waals surface area contributed by atoms with Crippen molar-refractivity contribution in [3.05, 3.63) is 89.3 Å². The largest absolute Gasteiger partial charge is 0.493 e. The van der Waals surface area contributed by atoms with Gasteiger partial charge >= 0.3 is 0 Å². The van der Waals surface area contributed by atoms with E-state index in [4.69, 9.17) is 15.9 Å². The number of nitrogen functional groups attached to an aromatic ring is 1. The number of benzene rings is 3.